The molecule has 26 heavy (non-hydrogen) atoms. The van der Waals surface area contributed by atoms with Crippen molar-refractivity contribution in [3.8, 4) is 17.6 Å². The van der Waals surface area contributed by atoms with Gasteiger partial charge in [-0.2, -0.15) is 5.26 Å². The molecule has 0 aliphatic carbocycles. The highest BCUT2D eigenvalue weighted by molar-refractivity contribution is 6.31. The fraction of sp³-hybridized carbons (Fsp3) is 0.158. The second-order valence-electron chi connectivity index (χ2n) is 5.30. The Bertz CT molecular complexity index is 888. The van der Waals surface area contributed by atoms with Crippen molar-refractivity contribution >= 4 is 28.9 Å². The number of anilines is 2. The van der Waals surface area contributed by atoms with E-state index in [9.17, 15) is 10.1 Å². The standard InChI is InChI=1S/C19H18ClN3O3/c1-12-4-5-14(8-16(12)20)23-19(24)13(10-21)11-22-17-9-15(25-2)6-7-18(17)26-3/h4-9,11,22H,1-3H3,(H,23,24)/b13-11-. The predicted octanol–water partition coefficient (Wildman–Crippen LogP) is 4.12. The van der Waals surface area contributed by atoms with Crippen molar-refractivity contribution < 1.29 is 14.3 Å². The third-order valence-corrected chi connectivity index (χ3v) is 3.98. The van der Waals surface area contributed by atoms with E-state index in [1.54, 1.807) is 43.5 Å². The van der Waals surface area contributed by atoms with E-state index in [1.807, 2.05) is 13.0 Å². The highest BCUT2D eigenvalue weighted by Crippen LogP contribution is 2.29. The number of nitrogens with zero attached hydrogens (tertiary/aromatic N) is 1. The minimum atomic E-state index is -0.554. The van der Waals surface area contributed by atoms with Crippen LogP contribution in [0.15, 0.2) is 48.2 Å². The number of hydrogen-bond donors (Lipinski definition) is 2. The number of nitriles is 1. The Kier molecular flexibility index (Phi) is 6.48. The zero-order chi connectivity index (χ0) is 19.1. The van der Waals surface area contributed by atoms with E-state index in [-0.39, 0.29) is 5.57 Å². The van der Waals surface area contributed by atoms with E-state index < -0.39 is 5.91 Å². The van der Waals surface area contributed by atoms with Gasteiger partial charge in [-0.3, -0.25) is 4.79 Å². The summed E-state index contributed by atoms with van der Waals surface area (Å²) in [5, 5.41) is 15.3. The Labute approximate surface area is 157 Å². The number of carbonyl (C=O) groups excluding carboxylic acids is 1. The molecule has 7 heteroatoms. The van der Waals surface area contributed by atoms with Gasteiger partial charge in [-0.15, -0.1) is 0 Å². The van der Waals surface area contributed by atoms with E-state index in [0.717, 1.165) is 5.56 Å². The van der Waals surface area contributed by atoms with Crippen molar-refractivity contribution in [2.75, 3.05) is 24.9 Å². The highest BCUT2D eigenvalue weighted by Gasteiger charge is 2.11. The third-order valence-electron chi connectivity index (χ3n) is 3.57. The number of halogens is 1. The Morgan fingerprint density at radius 1 is 1.19 bits per heavy atom. The number of carbonyl (C=O) groups is 1. The maximum atomic E-state index is 12.3. The average Bonchev–Trinajstić information content (AvgIpc) is 2.65. The van der Waals surface area contributed by atoms with Gasteiger partial charge in [-0.05, 0) is 36.8 Å². The summed E-state index contributed by atoms with van der Waals surface area (Å²) < 4.78 is 10.4. The number of rotatable bonds is 6. The fourth-order valence-electron chi connectivity index (χ4n) is 2.09. The first-order valence-electron chi connectivity index (χ1n) is 7.64. The number of aryl methyl sites for hydroxylation is 1. The normalized spacial score (nSPS) is 10.7. The lowest BCUT2D eigenvalue weighted by Gasteiger charge is -2.11. The molecule has 1 amide bonds. The van der Waals surface area contributed by atoms with Crippen molar-refractivity contribution in [1.82, 2.24) is 0 Å². The van der Waals surface area contributed by atoms with Gasteiger partial charge in [0.2, 0.25) is 0 Å². The Morgan fingerprint density at radius 3 is 2.58 bits per heavy atom. The summed E-state index contributed by atoms with van der Waals surface area (Å²) >= 11 is 6.04. The minimum Gasteiger partial charge on any atom is -0.497 e. The molecular formula is C19H18ClN3O3. The summed E-state index contributed by atoms with van der Waals surface area (Å²) in [5.74, 6) is 0.603. The third kappa shape index (κ3) is 4.68. The lowest BCUT2D eigenvalue weighted by atomic mass is 10.2. The number of hydrogen-bond acceptors (Lipinski definition) is 5. The predicted molar refractivity (Wildman–Crippen MR) is 102 cm³/mol. The first kappa shape index (κ1) is 19.2. The molecule has 2 rings (SSSR count). The van der Waals surface area contributed by atoms with Crippen LogP contribution in [0.5, 0.6) is 11.5 Å². The van der Waals surface area contributed by atoms with Crippen molar-refractivity contribution in [2.45, 2.75) is 6.92 Å². The second-order valence-corrected chi connectivity index (χ2v) is 5.71. The van der Waals surface area contributed by atoms with Crippen LogP contribution in [0, 0.1) is 18.3 Å². The Morgan fingerprint density at radius 2 is 1.96 bits per heavy atom. The molecule has 0 heterocycles. The average molecular weight is 372 g/mol. The number of amides is 1. The van der Waals surface area contributed by atoms with Gasteiger partial charge in [-0.25, -0.2) is 0 Å². The van der Waals surface area contributed by atoms with Crippen LogP contribution in [0.25, 0.3) is 0 Å². The van der Waals surface area contributed by atoms with Gasteiger partial charge in [0.05, 0.1) is 19.9 Å². The maximum absolute atomic E-state index is 12.3. The molecule has 0 radical (unpaired) electrons. The number of benzene rings is 2. The van der Waals surface area contributed by atoms with Crippen molar-refractivity contribution in [3.63, 3.8) is 0 Å². The largest absolute Gasteiger partial charge is 0.497 e. The van der Waals surface area contributed by atoms with Crippen LogP contribution in [0.3, 0.4) is 0 Å². The molecule has 0 spiro atoms. The molecule has 0 aliphatic heterocycles. The van der Waals surface area contributed by atoms with E-state index in [1.165, 1.54) is 13.3 Å². The lowest BCUT2D eigenvalue weighted by Crippen LogP contribution is -2.14. The van der Waals surface area contributed by atoms with Crippen molar-refractivity contribution in [3.05, 3.63) is 58.8 Å². The van der Waals surface area contributed by atoms with E-state index in [2.05, 4.69) is 10.6 Å². The molecule has 0 aliphatic rings. The van der Waals surface area contributed by atoms with Crippen LogP contribution in [0.4, 0.5) is 11.4 Å². The maximum Gasteiger partial charge on any atom is 0.267 e. The van der Waals surface area contributed by atoms with Crippen LogP contribution in [-0.2, 0) is 4.79 Å². The van der Waals surface area contributed by atoms with Crippen LogP contribution < -0.4 is 20.1 Å². The summed E-state index contributed by atoms with van der Waals surface area (Å²) in [4.78, 5) is 12.3. The molecule has 0 fully saturated rings. The summed E-state index contributed by atoms with van der Waals surface area (Å²) in [6.45, 7) is 1.86. The quantitative estimate of drug-likeness (QED) is 0.589. The Balaban J connectivity index is 2.18. The molecule has 0 atom stereocenters. The molecule has 2 aromatic carbocycles. The van der Waals surface area contributed by atoms with Gasteiger partial charge < -0.3 is 20.1 Å². The molecule has 0 unspecified atom stereocenters. The zero-order valence-electron chi connectivity index (χ0n) is 14.6. The van der Waals surface area contributed by atoms with Gasteiger partial charge in [0.15, 0.2) is 0 Å². The van der Waals surface area contributed by atoms with E-state index >= 15 is 0 Å². The summed E-state index contributed by atoms with van der Waals surface area (Å²) in [7, 11) is 3.07. The van der Waals surface area contributed by atoms with Crippen LogP contribution in [-0.4, -0.2) is 20.1 Å². The van der Waals surface area contributed by atoms with Gasteiger partial charge in [-0.1, -0.05) is 17.7 Å². The fourth-order valence-corrected chi connectivity index (χ4v) is 2.27. The highest BCUT2D eigenvalue weighted by atomic mass is 35.5. The van der Waals surface area contributed by atoms with Gasteiger partial charge >= 0.3 is 0 Å². The minimum absolute atomic E-state index is 0.105. The van der Waals surface area contributed by atoms with Gasteiger partial charge in [0, 0.05) is 23.0 Å². The molecule has 2 aromatic rings. The SMILES string of the molecule is COc1ccc(OC)c(N/C=C(/C#N)C(=O)Nc2ccc(C)c(Cl)c2)c1. The van der Waals surface area contributed by atoms with Crippen LogP contribution >= 0.6 is 11.6 Å². The first-order valence-corrected chi connectivity index (χ1v) is 8.02. The van der Waals surface area contributed by atoms with E-state index in [0.29, 0.717) is 27.9 Å². The summed E-state index contributed by atoms with van der Waals surface area (Å²) in [6, 6.07) is 12.1. The zero-order valence-corrected chi connectivity index (χ0v) is 15.3. The smallest absolute Gasteiger partial charge is 0.267 e. The van der Waals surface area contributed by atoms with Crippen molar-refractivity contribution in [1.29, 1.82) is 5.26 Å². The monoisotopic (exact) mass is 371 g/mol. The molecular weight excluding hydrogens is 354 g/mol. The number of methoxy groups -OCH3 is 2. The molecule has 0 saturated heterocycles. The van der Waals surface area contributed by atoms with Crippen LogP contribution in [0.2, 0.25) is 5.02 Å². The molecule has 0 bridgehead atoms. The van der Waals surface area contributed by atoms with Gasteiger partial charge in [0.25, 0.3) is 5.91 Å². The molecule has 6 nitrogen and oxygen atoms in total. The van der Waals surface area contributed by atoms with Gasteiger partial charge in [0.1, 0.15) is 23.1 Å². The number of ether oxygens (including phenoxy) is 2. The molecule has 2 N–H and O–H groups in total. The molecule has 0 saturated carbocycles. The van der Waals surface area contributed by atoms with Crippen molar-refractivity contribution in [2.24, 2.45) is 0 Å². The molecule has 0 aromatic heterocycles. The first-order chi connectivity index (χ1) is 12.5. The van der Waals surface area contributed by atoms with Crippen LogP contribution in [0.1, 0.15) is 5.56 Å². The van der Waals surface area contributed by atoms with E-state index in [4.69, 9.17) is 21.1 Å². The molecule has 134 valence electrons. The number of nitrogens with one attached hydrogen (secondary N) is 2. The lowest BCUT2D eigenvalue weighted by molar-refractivity contribution is -0.112. The second kappa shape index (κ2) is 8.79. The summed E-state index contributed by atoms with van der Waals surface area (Å²) in [6.07, 6.45) is 1.31. The summed E-state index contributed by atoms with van der Waals surface area (Å²) in [5.41, 5.74) is 1.86. The topological polar surface area (TPSA) is 83.4 Å². The Hall–Kier alpha value is -3.17.